The van der Waals surface area contributed by atoms with Crippen molar-refractivity contribution in [1.82, 2.24) is 10.5 Å². The summed E-state index contributed by atoms with van der Waals surface area (Å²) in [6.07, 6.45) is 2.75. The molecule has 2 aromatic rings. The minimum absolute atomic E-state index is 0.00318. The Balaban J connectivity index is 1.69. The van der Waals surface area contributed by atoms with Crippen LogP contribution in [0, 0.1) is 0 Å². The lowest BCUT2D eigenvalue weighted by Gasteiger charge is -2.45. The van der Waals surface area contributed by atoms with E-state index in [1.54, 1.807) is 6.07 Å². The summed E-state index contributed by atoms with van der Waals surface area (Å²) in [5.74, 6) is 0.761. The fourth-order valence-electron chi connectivity index (χ4n) is 4.05. The van der Waals surface area contributed by atoms with Gasteiger partial charge >= 0.3 is 0 Å². The lowest BCUT2D eigenvalue weighted by Crippen LogP contribution is -2.45. The molecule has 1 aromatic heterocycles. The molecule has 0 saturated carbocycles. The molecule has 1 saturated heterocycles. The maximum absolute atomic E-state index is 12.4. The maximum atomic E-state index is 12.4. The summed E-state index contributed by atoms with van der Waals surface area (Å²) in [6.45, 7) is 9.64. The van der Waals surface area contributed by atoms with E-state index in [0.717, 1.165) is 31.6 Å². The molecule has 0 unspecified atom stereocenters. The number of nitrogens with zero attached hydrogens (tertiary/aromatic N) is 1. The lowest BCUT2D eigenvalue weighted by molar-refractivity contribution is -0.0838. The van der Waals surface area contributed by atoms with Gasteiger partial charge in [-0.2, -0.15) is 0 Å². The third kappa shape index (κ3) is 4.59. The van der Waals surface area contributed by atoms with E-state index in [1.165, 1.54) is 5.56 Å². The van der Waals surface area contributed by atoms with E-state index in [0.29, 0.717) is 12.2 Å². The van der Waals surface area contributed by atoms with Gasteiger partial charge in [-0.15, -0.1) is 0 Å². The number of hydrogen-bond donors (Lipinski definition) is 1. The van der Waals surface area contributed by atoms with Gasteiger partial charge in [0.1, 0.15) is 5.76 Å². The highest BCUT2D eigenvalue weighted by Crippen LogP contribution is 2.43. The van der Waals surface area contributed by atoms with E-state index < -0.39 is 0 Å². The minimum Gasteiger partial charge on any atom is -0.376 e. The summed E-state index contributed by atoms with van der Waals surface area (Å²) < 4.78 is 11.2. The number of amides is 1. The second kappa shape index (κ2) is 7.85. The predicted octanol–water partition coefficient (Wildman–Crippen LogP) is 4.44. The van der Waals surface area contributed by atoms with Gasteiger partial charge in [-0.05, 0) is 38.7 Å². The summed E-state index contributed by atoms with van der Waals surface area (Å²) in [5.41, 5.74) is 1.50. The molecule has 1 amide bonds. The van der Waals surface area contributed by atoms with Crippen molar-refractivity contribution >= 4 is 5.91 Å². The molecule has 1 N–H and O–H groups in total. The van der Waals surface area contributed by atoms with Gasteiger partial charge in [0, 0.05) is 30.6 Å². The number of hydrogen-bond acceptors (Lipinski definition) is 4. The Hall–Kier alpha value is -2.14. The van der Waals surface area contributed by atoms with Crippen LogP contribution in [-0.4, -0.2) is 29.8 Å². The number of nitrogens with one attached hydrogen (secondary N) is 1. The van der Waals surface area contributed by atoms with Crippen LogP contribution in [-0.2, 0) is 10.2 Å². The molecular weight excluding hydrogens is 340 g/mol. The van der Waals surface area contributed by atoms with E-state index >= 15 is 0 Å². The molecule has 0 radical (unpaired) electrons. The van der Waals surface area contributed by atoms with Crippen molar-refractivity contribution in [2.45, 2.75) is 63.9 Å². The number of rotatable bonds is 6. The van der Waals surface area contributed by atoms with Gasteiger partial charge in [0.05, 0.1) is 5.60 Å². The van der Waals surface area contributed by atoms with Gasteiger partial charge in [0.2, 0.25) is 0 Å². The molecule has 2 heterocycles. The largest absolute Gasteiger partial charge is 0.376 e. The quantitative estimate of drug-likeness (QED) is 0.816. The highest BCUT2D eigenvalue weighted by atomic mass is 16.5. The predicted molar refractivity (Wildman–Crippen MR) is 105 cm³/mol. The Morgan fingerprint density at radius 3 is 2.63 bits per heavy atom. The third-order valence-electron chi connectivity index (χ3n) is 5.44. The Bertz CT molecular complexity index is 767. The molecule has 1 fully saturated rings. The van der Waals surface area contributed by atoms with Gasteiger partial charge < -0.3 is 14.6 Å². The van der Waals surface area contributed by atoms with Gasteiger partial charge in [0.25, 0.3) is 5.91 Å². The van der Waals surface area contributed by atoms with E-state index in [4.69, 9.17) is 9.26 Å². The fraction of sp³-hybridized carbons (Fsp3) is 0.545. The van der Waals surface area contributed by atoms with Crippen LogP contribution in [0.2, 0.25) is 0 Å². The molecule has 27 heavy (non-hydrogen) atoms. The van der Waals surface area contributed by atoms with Crippen LogP contribution in [0.15, 0.2) is 40.9 Å². The Morgan fingerprint density at radius 1 is 1.26 bits per heavy atom. The highest BCUT2D eigenvalue weighted by Gasteiger charge is 2.41. The Kier molecular flexibility index (Phi) is 5.70. The fourth-order valence-corrected chi connectivity index (χ4v) is 4.05. The van der Waals surface area contributed by atoms with Crippen molar-refractivity contribution in [2.24, 2.45) is 0 Å². The van der Waals surface area contributed by atoms with Crippen LogP contribution >= 0.6 is 0 Å². The SMILES string of the molecule is CC(C)c1cc(C(=O)NCC[C@@]2(c3ccccc3)CCOC(C)(C)C2)no1. The monoisotopic (exact) mass is 370 g/mol. The highest BCUT2D eigenvalue weighted by molar-refractivity contribution is 5.92. The summed E-state index contributed by atoms with van der Waals surface area (Å²) in [4.78, 5) is 12.4. The zero-order valence-corrected chi connectivity index (χ0v) is 16.7. The second-order valence-corrected chi connectivity index (χ2v) is 8.46. The maximum Gasteiger partial charge on any atom is 0.273 e. The van der Waals surface area contributed by atoms with Crippen molar-refractivity contribution in [2.75, 3.05) is 13.2 Å². The molecule has 3 rings (SSSR count). The number of benzene rings is 1. The molecule has 1 aliphatic heterocycles. The van der Waals surface area contributed by atoms with Crippen molar-refractivity contribution in [3.05, 3.63) is 53.4 Å². The first kappa shape index (κ1) is 19.6. The normalized spacial score (nSPS) is 22.0. The lowest BCUT2D eigenvalue weighted by atomic mass is 9.67. The minimum atomic E-state index is -0.180. The first-order valence-electron chi connectivity index (χ1n) is 9.76. The first-order chi connectivity index (χ1) is 12.8. The van der Waals surface area contributed by atoms with Crippen molar-refractivity contribution in [1.29, 1.82) is 0 Å². The molecule has 5 heteroatoms. The molecule has 1 aliphatic rings. The summed E-state index contributed by atoms with van der Waals surface area (Å²) in [5, 5.41) is 6.91. The number of ether oxygens (including phenoxy) is 1. The summed E-state index contributed by atoms with van der Waals surface area (Å²) in [6, 6.07) is 12.3. The average Bonchev–Trinajstić information content (AvgIpc) is 3.12. The van der Waals surface area contributed by atoms with Gasteiger partial charge in [0.15, 0.2) is 5.69 Å². The zero-order valence-electron chi connectivity index (χ0n) is 16.7. The zero-order chi connectivity index (χ0) is 19.5. The standard InChI is InChI=1S/C22H30N2O3/c1-16(2)19-14-18(24-27-19)20(25)23-12-10-22(17-8-6-5-7-9-17)11-13-26-21(3,4)15-22/h5-9,14,16H,10-13,15H2,1-4H3,(H,23,25)/t22-/m1/s1. The van der Waals surface area contributed by atoms with Crippen LogP contribution < -0.4 is 5.32 Å². The summed E-state index contributed by atoms with van der Waals surface area (Å²) in [7, 11) is 0. The molecule has 0 bridgehead atoms. The first-order valence-corrected chi connectivity index (χ1v) is 9.76. The van der Waals surface area contributed by atoms with E-state index in [-0.39, 0.29) is 22.8 Å². The molecular formula is C22H30N2O3. The second-order valence-electron chi connectivity index (χ2n) is 8.46. The molecule has 1 aromatic carbocycles. The Labute approximate surface area is 161 Å². The van der Waals surface area contributed by atoms with Gasteiger partial charge in [-0.25, -0.2) is 0 Å². The molecule has 5 nitrogen and oxygen atoms in total. The molecule has 0 aliphatic carbocycles. The van der Waals surface area contributed by atoms with Crippen molar-refractivity contribution in [3.8, 4) is 0 Å². The number of aromatic nitrogens is 1. The molecule has 0 spiro atoms. The van der Waals surface area contributed by atoms with Gasteiger partial charge in [-0.3, -0.25) is 4.79 Å². The Morgan fingerprint density at radius 2 is 2.00 bits per heavy atom. The van der Waals surface area contributed by atoms with E-state index in [2.05, 4.69) is 48.6 Å². The van der Waals surface area contributed by atoms with Crippen LogP contribution in [0.5, 0.6) is 0 Å². The smallest absolute Gasteiger partial charge is 0.273 e. The van der Waals surface area contributed by atoms with E-state index in [9.17, 15) is 4.79 Å². The molecule has 1 atom stereocenters. The van der Waals surface area contributed by atoms with Crippen molar-refractivity contribution in [3.63, 3.8) is 0 Å². The van der Waals surface area contributed by atoms with Gasteiger partial charge in [-0.1, -0.05) is 49.3 Å². The number of carbonyl (C=O) groups is 1. The average molecular weight is 370 g/mol. The van der Waals surface area contributed by atoms with Crippen LogP contribution in [0.4, 0.5) is 0 Å². The van der Waals surface area contributed by atoms with Crippen molar-refractivity contribution < 1.29 is 14.1 Å². The molecule has 146 valence electrons. The van der Waals surface area contributed by atoms with Crippen LogP contribution in [0.1, 0.15) is 74.7 Å². The third-order valence-corrected chi connectivity index (χ3v) is 5.44. The van der Waals surface area contributed by atoms with Crippen LogP contribution in [0.25, 0.3) is 0 Å². The topological polar surface area (TPSA) is 64.4 Å². The summed E-state index contributed by atoms with van der Waals surface area (Å²) >= 11 is 0. The van der Waals surface area contributed by atoms with E-state index in [1.807, 2.05) is 19.9 Å². The van der Waals surface area contributed by atoms with Crippen LogP contribution in [0.3, 0.4) is 0 Å². The number of carbonyl (C=O) groups excluding carboxylic acids is 1.